The number of β-lactam (4-membered cyclic amide) rings is 1. The minimum absolute atomic E-state index is 0.206. The number of nitrogens with zero attached hydrogens (tertiary/aromatic N) is 1. The second-order valence-corrected chi connectivity index (χ2v) is 5.64. The first-order chi connectivity index (χ1) is 10.8. The van der Waals surface area contributed by atoms with Gasteiger partial charge in [0.1, 0.15) is 6.04 Å². The number of hydrogen-bond acceptors (Lipinski definition) is 2. The Bertz CT molecular complexity index is 740. The predicted octanol–water partition coefficient (Wildman–Crippen LogP) is 3.43. The number of hydrogen-bond donors (Lipinski definition) is 1. The van der Waals surface area contributed by atoms with Crippen LogP contribution in [0.25, 0.3) is 0 Å². The molecule has 2 N–H and O–H groups in total. The average molecular weight is 320 g/mol. The van der Waals surface area contributed by atoms with E-state index in [9.17, 15) is 18.0 Å². The van der Waals surface area contributed by atoms with Gasteiger partial charge in [-0.1, -0.05) is 35.9 Å². The summed E-state index contributed by atoms with van der Waals surface area (Å²) in [5.41, 5.74) is 7.15. The molecule has 6 heteroatoms. The van der Waals surface area contributed by atoms with Crippen LogP contribution in [-0.4, -0.2) is 11.9 Å². The van der Waals surface area contributed by atoms with Crippen molar-refractivity contribution in [2.45, 2.75) is 25.2 Å². The maximum absolute atomic E-state index is 12.9. The topological polar surface area (TPSA) is 46.3 Å². The SMILES string of the molecule is Cc1ccc([C@@H]2[C@H](N)C(=O)N2c2cccc(C(F)(F)F)c2)cc1. The van der Waals surface area contributed by atoms with Crippen LogP contribution >= 0.6 is 0 Å². The van der Waals surface area contributed by atoms with E-state index in [4.69, 9.17) is 5.73 Å². The summed E-state index contributed by atoms with van der Waals surface area (Å²) < 4.78 is 38.6. The van der Waals surface area contributed by atoms with Crippen molar-refractivity contribution in [1.29, 1.82) is 0 Å². The first-order valence-electron chi connectivity index (χ1n) is 7.11. The van der Waals surface area contributed by atoms with Crippen LogP contribution in [0.15, 0.2) is 48.5 Å². The van der Waals surface area contributed by atoms with Gasteiger partial charge in [0.05, 0.1) is 11.6 Å². The zero-order chi connectivity index (χ0) is 16.8. The molecule has 0 saturated carbocycles. The highest BCUT2D eigenvalue weighted by Crippen LogP contribution is 2.40. The van der Waals surface area contributed by atoms with E-state index in [-0.39, 0.29) is 11.6 Å². The number of alkyl halides is 3. The smallest absolute Gasteiger partial charge is 0.318 e. The zero-order valence-electron chi connectivity index (χ0n) is 12.3. The molecule has 0 aromatic heterocycles. The highest BCUT2D eigenvalue weighted by atomic mass is 19.4. The van der Waals surface area contributed by atoms with E-state index < -0.39 is 23.8 Å². The van der Waals surface area contributed by atoms with Gasteiger partial charge in [-0.05, 0) is 30.7 Å². The first kappa shape index (κ1) is 15.6. The molecule has 3 rings (SSSR count). The number of amides is 1. The van der Waals surface area contributed by atoms with Crippen molar-refractivity contribution in [1.82, 2.24) is 0 Å². The third kappa shape index (κ3) is 2.70. The van der Waals surface area contributed by atoms with Crippen molar-refractivity contribution in [2.24, 2.45) is 5.73 Å². The third-order valence-electron chi connectivity index (χ3n) is 4.01. The number of rotatable bonds is 2. The van der Waals surface area contributed by atoms with Crippen LogP contribution in [0, 0.1) is 6.92 Å². The Morgan fingerprint density at radius 1 is 1.09 bits per heavy atom. The lowest BCUT2D eigenvalue weighted by molar-refractivity contribution is -0.137. The molecule has 1 amide bonds. The van der Waals surface area contributed by atoms with Crippen LogP contribution in [0.5, 0.6) is 0 Å². The summed E-state index contributed by atoms with van der Waals surface area (Å²) in [6, 6.07) is 11.0. The van der Waals surface area contributed by atoms with Gasteiger partial charge in [-0.3, -0.25) is 4.79 Å². The van der Waals surface area contributed by atoms with E-state index in [0.717, 1.165) is 23.3 Å². The lowest BCUT2D eigenvalue weighted by Gasteiger charge is -2.45. The molecule has 2 aromatic rings. The Labute approximate surface area is 131 Å². The van der Waals surface area contributed by atoms with Gasteiger partial charge in [-0.25, -0.2) is 0 Å². The molecule has 0 aliphatic carbocycles. The molecule has 3 nitrogen and oxygen atoms in total. The molecule has 23 heavy (non-hydrogen) atoms. The Morgan fingerprint density at radius 2 is 1.74 bits per heavy atom. The molecule has 2 aromatic carbocycles. The molecular formula is C17H15F3N2O. The lowest BCUT2D eigenvalue weighted by atomic mass is 9.88. The molecule has 1 aliphatic heterocycles. The third-order valence-corrected chi connectivity index (χ3v) is 4.01. The number of benzene rings is 2. The van der Waals surface area contributed by atoms with E-state index in [1.807, 2.05) is 31.2 Å². The van der Waals surface area contributed by atoms with Gasteiger partial charge in [-0.2, -0.15) is 13.2 Å². The predicted molar refractivity (Wildman–Crippen MR) is 80.8 cm³/mol. The molecule has 1 saturated heterocycles. The fraction of sp³-hybridized carbons (Fsp3) is 0.235. The highest BCUT2D eigenvalue weighted by molar-refractivity contribution is 6.05. The van der Waals surface area contributed by atoms with Gasteiger partial charge >= 0.3 is 6.18 Å². The quantitative estimate of drug-likeness (QED) is 0.862. The Hall–Kier alpha value is -2.34. The van der Waals surface area contributed by atoms with E-state index in [2.05, 4.69) is 0 Å². The molecule has 0 unspecified atom stereocenters. The number of aryl methyl sites for hydroxylation is 1. The van der Waals surface area contributed by atoms with E-state index in [1.165, 1.54) is 17.0 Å². The van der Waals surface area contributed by atoms with Gasteiger partial charge in [-0.15, -0.1) is 0 Å². The number of carbonyl (C=O) groups is 1. The summed E-state index contributed by atoms with van der Waals surface area (Å²) in [5, 5.41) is 0. The summed E-state index contributed by atoms with van der Waals surface area (Å²) in [5.74, 6) is -0.380. The number of anilines is 1. The largest absolute Gasteiger partial charge is 0.416 e. The van der Waals surface area contributed by atoms with Crippen LogP contribution in [-0.2, 0) is 11.0 Å². The first-order valence-corrected chi connectivity index (χ1v) is 7.11. The van der Waals surface area contributed by atoms with Crippen molar-refractivity contribution in [3.8, 4) is 0 Å². The monoisotopic (exact) mass is 320 g/mol. The lowest BCUT2D eigenvalue weighted by Crippen LogP contribution is -2.63. The van der Waals surface area contributed by atoms with E-state index in [1.54, 1.807) is 0 Å². The number of carbonyl (C=O) groups excluding carboxylic acids is 1. The molecule has 0 bridgehead atoms. The molecule has 2 atom stereocenters. The van der Waals surface area contributed by atoms with Crippen molar-refractivity contribution in [3.05, 3.63) is 65.2 Å². The fourth-order valence-corrected chi connectivity index (χ4v) is 2.75. The van der Waals surface area contributed by atoms with Crippen LogP contribution in [0.2, 0.25) is 0 Å². The van der Waals surface area contributed by atoms with Crippen molar-refractivity contribution in [2.75, 3.05) is 4.90 Å². The molecule has 1 aliphatic rings. The van der Waals surface area contributed by atoms with E-state index in [0.29, 0.717) is 0 Å². The molecule has 0 radical (unpaired) electrons. The van der Waals surface area contributed by atoms with Crippen LogP contribution in [0.3, 0.4) is 0 Å². The van der Waals surface area contributed by atoms with Gasteiger partial charge in [0.25, 0.3) is 0 Å². The maximum atomic E-state index is 12.9. The normalized spacial score (nSPS) is 21.3. The van der Waals surface area contributed by atoms with Crippen LogP contribution < -0.4 is 10.6 Å². The summed E-state index contributed by atoms with van der Waals surface area (Å²) >= 11 is 0. The summed E-state index contributed by atoms with van der Waals surface area (Å²) in [6.45, 7) is 1.93. The fourth-order valence-electron chi connectivity index (χ4n) is 2.75. The summed E-state index contributed by atoms with van der Waals surface area (Å²) in [6.07, 6.45) is -4.45. The standard InChI is InChI=1S/C17H15F3N2O/c1-10-5-7-11(8-6-10)15-14(21)16(23)22(15)13-4-2-3-12(9-13)17(18,19)20/h2-9,14-15H,21H2,1H3/t14-,15+/m0/s1. The van der Waals surface area contributed by atoms with Crippen molar-refractivity contribution >= 4 is 11.6 Å². The van der Waals surface area contributed by atoms with Gasteiger partial charge in [0, 0.05) is 5.69 Å². The van der Waals surface area contributed by atoms with Gasteiger partial charge in [0.15, 0.2) is 0 Å². The molecule has 1 fully saturated rings. The Morgan fingerprint density at radius 3 is 2.35 bits per heavy atom. The Kier molecular flexibility index (Phi) is 3.64. The van der Waals surface area contributed by atoms with Crippen molar-refractivity contribution < 1.29 is 18.0 Å². The van der Waals surface area contributed by atoms with Crippen molar-refractivity contribution in [3.63, 3.8) is 0 Å². The highest BCUT2D eigenvalue weighted by Gasteiger charge is 2.47. The van der Waals surface area contributed by atoms with Gasteiger partial charge in [0.2, 0.25) is 5.91 Å². The number of halogens is 3. The number of nitrogens with two attached hydrogens (primary N) is 1. The minimum atomic E-state index is -4.45. The second-order valence-electron chi connectivity index (χ2n) is 5.64. The van der Waals surface area contributed by atoms with Crippen LogP contribution in [0.1, 0.15) is 22.7 Å². The zero-order valence-corrected chi connectivity index (χ0v) is 12.3. The summed E-state index contributed by atoms with van der Waals surface area (Å²) in [7, 11) is 0. The molecule has 1 heterocycles. The van der Waals surface area contributed by atoms with Gasteiger partial charge < -0.3 is 10.6 Å². The summed E-state index contributed by atoms with van der Waals surface area (Å²) in [4.78, 5) is 13.4. The molecule has 0 spiro atoms. The minimum Gasteiger partial charge on any atom is -0.318 e. The Balaban J connectivity index is 1.98. The van der Waals surface area contributed by atoms with E-state index >= 15 is 0 Å². The van der Waals surface area contributed by atoms with Crippen LogP contribution in [0.4, 0.5) is 18.9 Å². The average Bonchev–Trinajstić information content (AvgIpc) is 2.52. The molecular weight excluding hydrogens is 305 g/mol. The maximum Gasteiger partial charge on any atom is 0.416 e. The molecule has 120 valence electrons. The second kappa shape index (κ2) is 5.38.